The minimum Gasteiger partial charge on any atom is -0.487 e. The first-order valence-corrected chi connectivity index (χ1v) is 7.90. The van der Waals surface area contributed by atoms with Gasteiger partial charge in [0.2, 0.25) is 5.91 Å². The summed E-state index contributed by atoms with van der Waals surface area (Å²) in [5.41, 5.74) is 1.42. The van der Waals surface area contributed by atoms with Gasteiger partial charge < -0.3 is 9.64 Å². The van der Waals surface area contributed by atoms with Crippen LogP contribution in [0.5, 0.6) is 5.75 Å². The number of carbonyl (C=O) groups excluding carboxylic acids is 1. The zero-order valence-electron chi connectivity index (χ0n) is 13.2. The Morgan fingerprint density at radius 2 is 1.92 bits per heavy atom. The second-order valence-corrected chi connectivity index (χ2v) is 5.69. The molecule has 0 radical (unpaired) electrons. The van der Waals surface area contributed by atoms with Crippen LogP contribution in [0.2, 0.25) is 0 Å². The van der Waals surface area contributed by atoms with E-state index in [1.807, 2.05) is 30.3 Å². The summed E-state index contributed by atoms with van der Waals surface area (Å²) in [6.45, 7) is 0.898. The van der Waals surface area contributed by atoms with Gasteiger partial charge >= 0.3 is 0 Å². The van der Waals surface area contributed by atoms with Crippen molar-refractivity contribution >= 4 is 17.3 Å². The first-order chi connectivity index (χ1) is 11.6. The number of hydrogen-bond acceptors (Lipinski definition) is 4. The van der Waals surface area contributed by atoms with Crippen molar-refractivity contribution in [3.05, 3.63) is 64.2 Å². The van der Waals surface area contributed by atoms with Crippen LogP contribution in [-0.2, 0) is 11.4 Å². The fourth-order valence-corrected chi connectivity index (χ4v) is 2.75. The molecule has 0 aromatic heterocycles. The van der Waals surface area contributed by atoms with Crippen LogP contribution in [0.3, 0.4) is 0 Å². The zero-order valence-corrected chi connectivity index (χ0v) is 13.2. The molecule has 24 heavy (non-hydrogen) atoms. The quantitative estimate of drug-likeness (QED) is 0.620. The van der Waals surface area contributed by atoms with Crippen molar-refractivity contribution in [1.29, 1.82) is 0 Å². The fraction of sp³-hybridized carbons (Fsp3) is 0.278. The molecule has 0 bridgehead atoms. The Morgan fingerprint density at radius 3 is 2.62 bits per heavy atom. The summed E-state index contributed by atoms with van der Waals surface area (Å²) in [5, 5.41) is 11.1. The number of nitro groups is 1. The number of benzene rings is 2. The highest BCUT2D eigenvalue weighted by molar-refractivity contribution is 5.95. The Morgan fingerprint density at radius 1 is 1.12 bits per heavy atom. The molecule has 1 fully saturated rings. The van der Waals surface area contributed by atoms with Gasteiger partial charge in [-0.2, -0.15) is 0 Å². The second-order valence-electron chi connectivity index (χ2n) is 5.69. The van der Waals surface area contributed by atoms with Gasteiger partial charge in [0.1, 0.15) is 12.4 Å². The lowest BCUT2D eigenvalue weighted by molar-refractivity contribution is -0.384. The number of nitrogens with zero attached hydrogens (tertiary/aromatic N) is 2. The molecule has 0 N–H and O–H groups in total. The van der Waals surface area contributed by atoms with Crippen LogP contribution in [0.15, 0.2) is 48.5 Å². The maximum absolute atomic E-state index is 12.2. The largest absolute Gasteiger partial charge is 0.487 e. The molecule has 1 aliphatic heterocycles. The second kappa shape index (κ2) is 7.12. The summed E-state index contributed by atoms with van der Waals surface area (Å²) in [6, 6.07) is 14.0. The summed E-state index contributed by atoms with van der Waals surface area (Å²) in [4.78, 5) is 24.4. The van der Waals surface area contributed by atoms with E-state index in [1.165, 1.54) is 12.1 Å². The van der Waals surface area contributed by atoms with Crippen LogP contribution in [0.4, 0.5) is 11.4 Å². The highest BCUT2D eigenvalue weighted by Crippen LogP contribution is 2.35. The van der Waals surface area contributed by atoms with Crippen molar-refractivity contribution in [3.8, 4) is 5.75 Å². The molecule has 1 aliphatic rings. The number of rotatable bonds is 5. The lowest BCUT2D eigenvalue weighted by Crippen LogP contribution is -2.35. The molecular weight excluding hydrogens is 308 g/mol. The van der Waals surface area contributed by atoms with Crippen LogP contribution >= 0.6 is 0 Å². The molecule has 1 amide bonds. The smallest absolute Gasteiger partial charge is 0.271 e. The van der Waals surface area contributed by atoms with E-state index in [4.69, 9.17) is 4.74 Å². The number of amides is 1. The summed E-state index contributed by atoms with van der Waals surface area (Å²) < 4.78 is 5.84. The summed E-state index contributed by atoms with van der Waals surface area (Å²) >= 11 is 0. The molecule has 0 aliphatic carbocycles. The van der Waals surface area contributed by atoms with E-state index in [-0.39, 0.29) is 11.6 Å². The molecule has 0 atom stereocenters. The molecule has 2 aromatic rings. The number of hydrogen-bond donors (Lipinski definition) is 0. The SMILES string of the molecule is O=C1CCCCN1c1cc([N+](=O)[O-])ccc1OCc1ccccc1. The number of carbonyl (C=O) groups is 1. The Labute approximate surface area is 139 Å². The number of anilines is 1. The molecule has 6 heteroatoms. The van der Waals surface area contributed by atoms with E-state index in [0.29, 0.717) is 31.0 Å². The Kier molecular flexibility index (Phi) is 4.74. The van der Waals surface area contributed by atoms with E-state index in [0.717, 1.165) is 18.4 Å². The van der Waals surface area contributed by atoms with Crippen LogP contribution in [0.25, 0.3) is 0 Å². The van der Waals surface area contributed by atoms with E-state index in [9.17, 15) is 14.9 Å². The maximum Gasteiger partial charge on any atom is 0.271 e. The highest BCUT2D eigenvalue weighted by atomic mass is 16.6. The molecule has 2 aromatic carbocycles. The number of non-ortho nitro benzene ring substituents is 1. The third kappa shape index (κ3) is 3.53. The third-order valence-electron chi connectivity index (χ3n) is 4.00. The minimum absolute atomic E-state index is 0.0219. The normalized spacial score (nSPS) is 14.5. The Bertz CT molecular complexity index is 746. The van der Waals surface area contributed by atoms with Gasteiger partial charge in [0.05, 0.1) is 10.6 Å². The van der Waals surface area contributed by atoms with Crippen molar-refractivity contribution < 1.29 is 14.5 Å². The lowest BCUT2D eigenvalue weighted by atomic mass is 10.1. The minimum atomic E-state index is -0.459. The molecule has 1 heterocycles. The highest BCUT2D eigenvalue weighted by Gasteiger charge is 2.24. The summed E-state index contributed by atoms with van der Waals surface area (Å²) in [6.07, 6.45) is 2.19. The van der Waals surface area contributed by atoms with Crippen LogP contribution < -0.4 is 9.64 Å². The average Bonchev–Trinajstić information content (AvgIpc) is 2.61. The van der Waals surface area contributed by atoms with Crippen LogP contribution in [-0.4, -0.2) is 17.4 Å². The number of piperidine rings is 1. The van der Waals surface area contributed by atoms with Crippen LogP contribution in [0, 0.1) is 10.1 Å². The predicted molar refractivity (Wildman–Crippen MR) is 90.1 cm³/mol. The average molecular weight is 326 g/mol. The van der Waals surface area contributed by atoms with Gasteiger partial charge in [0, 0.05) is 25.1 Å². The van der Waals surface area contributed by atoms with Gasteiger partial charge in [0.25, 0.3) is 5.69 Å². The van der Waals surface area contributed by atoms with E-state index >= 15 is 0 Å². The zero-order chi connectivity index (χ0) is 16.9. The first-order valence-electron chi connectivity index (χ1n) is 7.90. The van der Waals surface area contributed by atoms with E-state index < -0.39 is 4.92 Å². The first kappa shape index (κ1) is 16.0. The monoisotopic (exact) mass is 326 g/mol. The number of ether oxygens (including phenoxy) is 1. The third-order valence-corrected chi connectivity index (χ3v) is 4.00. The molecule has 1 saturated heterocycles. The Balaban J connectivity index is 1.89. The fourth-order valence-electron chi connectivity index (χ4n) is 2.75. The van der Waals surface area contributed by atoms with Gasteiger partial charge in [-0.3, -0.25) is 14.9 Å². The predicted octanol–water partition coefficient (Wildman–Crippen LogP) is 3.69. The van der Waals surface area contributed by atoms with Gasteiger partial charge in [-0.25, -0.2) is 0 Å². The van der Waals surface area contributed by atoms with E-state index in [2.05, 4.69) is 0 Å². The molecule has 0 spiro atoms. The van der Waals surface area contributed by atoms with Gasteiger partial charge in [-0.15, -0.1) is 0 Å². The van der Waals surface area contributed by atoms with Crippen molar-refractivity contribution in [2.24, 2.45) is 0 Å². The summed E-state index contributed by atoms with van der Waals surface area (Å²) in [5.74, 6) is 0.464. The van der Waals surface area contributed by atoms with Crippen molar-refractivity contribution in [2.75, 3.05) is 11.4 Å². The molecule has 6 nitrogen and oxygen atoms in total. The van der Waals surface area contributed by atoms with Crippen molar-refractivity contribution in [1.82, 2.24) is 0 Å². The maximum atomic E-state index is 12.2. The lowest BCUT2D eigenvalue weighted by Gasteiger charge is -2.28. The summed E-state index contributed by atoms with van der Waals surface area (Å²) in [7, 11) is 0. The van der Waals surface area contributed by atoms with Crippen molar-refractivity contribution in [3.63, 3.8) is 0 Å². The number of nitro benzene ring substituents is 1. The molecule has 0 saturated carbocycles. The van der Waals surface area contributed by atoms with Crippen molar-refractivity contribution in [2.45, 2.75) is 25.9 Å². The van der Waals surface area contributed by atoms with Gasteiger partial charge in [-0.1, -0.05) is 30.3 Å². The molecule has 3 rings (SSSR count). The Hall–Kier alpha value is -2.89. The molecule has 124 valence electrons. The van der Waals surface area contributed by atoms with Gasteiger partial charge in [0.15, 0.2) is 0 Å². The van der Waals surface area contributed by atoms with E-state index in [1.54, 1.807) is 11.0 Å². The standard InChI is InChI=1S/C18H18N2O4/c21-18-8-4-5-11-19(18)16-12-15(20(22)23)9-10-17(16)24-13-14-6-2-1-3-7-14/h1-3,6-7,9-10,12H,4-5,8,11,13H2. The van der Waals surface area contributed by atoms with Crippen LogP contribution in [0.1, 0.15) is 24.8 Å². The van der Waals surface area contributed by atoms with Gasteiger partial charge in [-0.05, 0) is 24.5 Å². The molecule has 0 unspecified atom stereocenters. The topological polar surface area (TPSA) is 72.7 Å². The molecular formula is C18H18N2O4.